The van der Waals surface area contributed by atoms with Crippen LogP contribution in [0.15, 0.2) is 46.9 Å². The molecule has 1 atom stereocenters. The van der Waals surface area contributed by atoms with Gasteiger partial charge >= 0.3 is 5.97 Å². The molecule has 2 aliphatic rings. The fraction of sp³-hybridized carbons (Fsp3) is 0.481. The SMILES string of the molecule is CCOC(=O)Cc1ccccc1O[C@H]1CC2(CCN(C[C](C)C)CC2)c2ccc(Br)cc21. The topological polar surface area (TPSA) is 38.8 Å². The van der Waals surface area contributed by atoms with E-state index in [0.717, 1.165) is 54.7 Å². The van der Waals surface area contributed by atoms with Crippen LogP contribution in [-0.4, -0.2) is 37.1 Å². The van der Waals surface area contributed by atoms with Crippen LogP contribution in [-0.2, 0) is 21.4 Å². The largest absolute Gasteiger partial charge is 0.485 e. The maximum atomic E-state index is 12.1. The smallest absolute Gasteiger partial charge is 0.310 e. The van der Waals surface area contributed by atoms with Crippen LogP contribution in [0.3, 0.4) is 0 Å². The van der Waals surface area contributed by atoms with E-state index in [1.54, 1.807) is 0 Å². The summed E-state index contributed by atoms with van der Waals surface area (Å²) in [6.07, 6.45) is 3.50. The lowest BCUT2D eigenvalue weighted by atomic mass is 9.73. The number of rotatable bonds is 7. The normalized spacial score (nSPS) is 19.8. The summed E-state index contributed by atoms with van der Waals surface area (Å²) in [6.45, 7) is 9.97. The second kappa shape index (κ2) is 9.96. The molecule has 1 aliphatic carbocycles. The molecule has 4 nitrogen and oxygen atoms in total. The van der Waals surface area contributed by atoms with Crippen LogP contribution in [0.4, 0.5) is 0 Å². The Bertz CT molecular complexity index is 950. The Morgan fingerprint density at radius 2 is 1.91 bits per heavy atom. The van der Waals surface area contributed by atoms with Crippen molar-refractivity contribution in [1.29, 1.82) is 0 Å². The van der Waals surface area contributed by atoms with Gasteiger partial charge in [-0.1, -0.05) is 54.0 Å². The summed E-state index contributed by atoms with van der Waals surface area (Å²) < 4.78 is 12.9. The van der Waals surface area contributed by atoms with Crippen molar-refractivity contribution < 1.29 is 14.3 Å². The van der Waals surface area contributed by atoms with Crippen molar-refractivity contribution in [1.82, 2.24) is 4.90 Å². The standard InChI is InChI=1S/C27H33BrNO3/c1-4-31-26(30)15-20-7-5-6-8-24(20)32-25-17-27(23-10-9-21(28)16-22(23)25)11-13-29(14-12-27)18-19(2)3/h5-10,16,25H,4,11-15,17-18H2,1-3H3/t25-/m0/s1. The van der Waals surface area contributed by atoms with Crippen molar-refractivity contribution >= 4 is 21.9 Å². The van der Waals surface area contributed by atoms with Gasteiger partial charge < -0.3 is 14.4 Å². The number of ether oxygens (including phenoxy) is 2. The Morgan fingerprint density at radius 3 is 2.62 bits per heavy atom. The second-order valence-electron chi connectivity index (χ2n) is 9.40. The van der Waals surface area contributed by atoms with Gasteiger partial charge in [-0.25, -0.2) is 0 Å². The van der Waals surface area contributed by atoms with E-state index in [4.69, 9.17) is 9.47 Å². The third kappa shape index (κ3) is 5.04. The fourth-order valence-electron chi connectivity index (χ4n) is 5.31. The molecule has 171 valence electrons. The van der Waals surface area contributed by atoms with Gasteiger partial charge in [0.2, 0.25) is 0 Å². The van der Waals surface area contributed by atoms with Crippen LogP contribution in [0.2, 0.25) is 0 Å². The Balaban J connectivity index is 1.57. The quantitative estimate of drug-likeness (QED) is 0.437. The number of fused-ring (bicyclic) bond motifs is 2. The van der Waals surface area contributed by atoms with Gasteiger partial charge in [0.25, 0.3) is 0 Å². The van der Waals surface area contributed by atoms with E-state index in [1.165, 1.54) is 17.0 Å². The zero-order chi connectivity index (χ0) is 22.7. The molecule has 5 heteroatoms. The molecule has 0 saturated carbocycles. The van der Waals surface area contributed by atoms with Crippen LogP contribution in [0, 0.1) is 5.92 Å². The van der Waals surface area contributed by atoms with Gasteiger partial charge in [0, 0.05) is 22.0 Å². The molecule has 1 spiro atoms. The third-order valence-electron chi connectivity index (χ3n) is 6.74. The number of nitrogens with zero attached hydrogens (tertiary/aromatic N) is 1. The van der Waals surface area contributed by atoms with Gasteiger partial charge in [0.15, 0.2) is 0 Å². The fourth-order valence-corrected chi connectivity index (χ4v) is 5.69. The van der Waals surface area contributed by atoms with E-state index >= 15 is 0 Å². The Labute approximate surface area is 200 Å². The molecule has 1 saturated heterocycles. The molecule has 1 aliphatic heterocycles. The minimum Gasteiger partial charge on any atom is -0.485 e. The predicted octanol–water partition coefficient (Wildman–Crippen LogP) is 6.03. The minimum atomic E-state index is -0.218. The molecule has 32 heavy (non-hydrogen) atoms. The first kappa shape index (κ1) is 23.3. The zero-order valence-corrected chi connectivity index (χ0v) is 20.9. The monoisotopic (exact) mass is 498 g/mol. The number of hydrogen-bond acceptors (Lipinski definition) is 4. The highest BCUT2D eigenvalue weighted by Crippen LogP contribution is 2.52. The molecule has 0 aromatic heterocycles. The van der Waals surface area contributed by atoms with Crippen LogP contribution in [0.25, 0.3) is 0 Å². The van der Waals surface area contributed by atoms with Crippen molar-refractivity contribution in [3.8, 4) is 5.75 Å². The highest BCUT2D eigenvalue weighted by molar-refractivity contribution is 9.10. The maximum Gasteiger partial charge on any atom is 0.310 e. The summed E-state index contributed by atoms with van der Waals surface area (Å²) in [4.78, 5) is 14.7. The number of hydrogen-bond donors (Lipinski definition) is 0. The summed E-state index contributed by atoms with van der Waals surface area (Å²) in [7, 11) is 0. The molecule has 1 radical (unpaired) electrons. The first-order valence-corrected chi connectivity index (χ1v) is 12.4. The van der Waals surface area contributed by atoms with Gasteiger partial charge in [-0.15, -0.1) is 0 Å². The van der Waals surface area contributed by atoms with E-state index in [1.807, 2.05) is 31.2 Å². The lowest BCUT2D eigenvalue weighted by Crippen LogP contribution is -2.42. The number of carbonyl (C=O) groups is 1. The molecule has 0 bridgehead atoms. The molecule has 0 unspecified atom stereocenters. The molecule has 0 amide bonds. The minimum absolute atomic E-state index is 0.0168. The van der Waals surface area contributed by atoms with Crippen LogP contribution >= 0.6 is 15.9 Å². The van der Waals surface area contributed by atoms with Gasteiger partial charge in [0.1, 0.15) is 11.9 Å². The molecule has 2 aromatic carbocycles. The summed E-state index contributed by atoms with van der Waals surface area (Å²) in [5.74, 6) is 2.03. The van der Waals surface area contributed by atoms with E-state index in [0.29, 0.717) is 6.61 Å². The van der Waals surface area contributed by atoms with Crippen LogP contribution in [0.5, 0.6) is 5.75 Å². The second-order valence-corrected chi connectivity index (χ2v) is 10.3. The number of likely N-dealkylation sites (tertiary alicyclic amines) is 1. The Hall–Kier alpha value is -1.85. The van der Waals surface area contributed by atoms with Crippen LogP contribution < -0.4 is 4.74 Å². The Kier molecular flexibility index (Phi) is 7.26. The summed E-state index contributed by atoms with van der Waals surface area (Å²) in [5.41, 5.74) is 3.75. The highest BCUT2D eigenvalue weighted by atomic mass is 79.9. The number of carbonyl (C=O) groups excluding carboxylic acids is 1. The first-order valence-electron chi connectivity index (χ1n) is 11.6. The first-order chi connectivity index (χ1) is 15.4. The number of benzene rings is 2. The van der Waals surface area contributed by atoms with Gasteiger partial charge in [0.05, 0.1) is 13.0 Å². The molecule has 0 N–H and O–H groups in total. The Morgan fingerprint density at radius 1 is 1.16 bits per heavy atom. The van der Waals surface area contributed by atoms with E-state index in [2.05, 4.69) is 52.9 Å². The maximum absolute atomic E-state index is 12.1. The van der Waals surface area contributed by atoms with Gasteiger partial charge in [-0.2, -0.15) is 0 Å². The molecule has 4 rings (SSSR count). The predicted molar refractivity (Wildman–Crippen MR) is 131 cm³/mol. The number of para-hydroxylation sites is 1. The van der Waals surface area contributed by atoms with Crippen molar-refractivity contribution in [3.05, 3.63) is 69.5 Å². The molecule has 1 fully saturated rings. The van der Waals surface area contributed by atoms with Crippen molar-refractivity contribution in [2.75, 3.05) is 26.2 Å². The highest BCUT2D eigenvalue weighted by Gasteiger charge is 2.46. The average Bonchev–Trinajstić information content (AvgIpc) is 3.03. The average molecular weight is 499 g/mol. The van der Waals surface area contributed by atoms with Gasteiger partial charge in [-0.05, 0) is 74.5 Å². The lowest BCUT2D eigenvalue weighted by molar-refractivity contribution is -0.142. The van der Waals surface area contributed by atoms with Crippen molar-refractivity contribution in [2.45, 2.75) is 58.0 Å². The molecule has 2 aromatic rings. The molecule has 1 heterocycles. The number of halogens is 1. The summed E-state index contributed by atoms with van der Waals surface area (Å²) in [6, 6.07) is 14.5. The summed E-state index contributed by atoms with van der Waals surface area (Å²) >= 11 is 3.66. The van der Waals surface area contributed by atoms with Crippen LogP contribution in [0.1, 0.15) is 62.8 Å². The number of esters is 1. The van der Waals surface area contributed by atoms with E-state index < -0.39 is 0 Å². The molecular weight excluding hydrogens is 466 g/mol. The summed E-state index contributed by atoms with van der Waals surface area (Å²) in [5, 5.41) is 0. The third-order valence-corrected chi connectivity index (χ3v) is 7.24. The van der Waals surface area contributed by atoms with E-state index in [-0.39, 0.29) is 23.9 Å². The number of piperidine rings is 1. The zero-order valence-electron chi connectivity index (χ0n) is 19.3. The lowest BCUT2D eigenvalue weighted by Gasteiger charge is -2.40. The van der Waals surface area contributed by atoms with Crippen molar-refractivity contribution in [3.63, 3.8) is 0 Å². The van der Waals surface area contributed by atoms with Gasteiger partial charge in [-0.3, -0.25) is 4.79 Å². The van der Waals surface area contributed by atoms with Crippen molar-refractivity contribution in [2.24, 2.45) is 0 Å². The molecular formula is C27H33BrNO3. The van der Waals surface area contributed by atoms with E-state index in [9.17, 15) is 4.79 Å².